The van der Waals surface area contributed by atoms with Crippen LogP contribution in [0.3, 0.4) is 0 Å². The number of nitrogens with zero attached hydrogens (tertiary/aromatic N) is 3. The number of benzene rings is 2. The standard InChI is InChI=1S/C27H26F3N3O/c1-33-11-8-26(9-12-33,24-3-2-10-32-17-24)19-34-18-21-13-23(15-25(14-21)27(28,29)30)22-6-4-20(16-31)5-7-22/h2-7,10,13-15,17H,8-9,11-12,18-19H2,1H3. The van der Waals surface area contributed by atoms with Crippen molar-refractivity contribution in [2.24, 2.45) is 0 Å². The summed E-state index contributed by atoms with van der Waals surface area (Å²) in [5.41, 5.74) is 2.16. The molecule has 1 aliphatic rings. The molecule has 0 saturated carbocycles. The third-order valence-electron chi connectivity index (χ3n) is 6.53. The first kappa shape index (κ1) is 23.9. The lowest BCUT2D eigenvalue weighted by molar-refractivity contribution is -0.137. The van der Waals surface area contributed by atoms with Crippen LogP contribution in [0, 0.1) is 11.3 Å². The Kier molecular flexibility index (Phi) is 7.01. The summed E-state index contributed by atoms with van der Waals surface area (Å²) in [4.78, 5) is 6.54. The molecule has 176 valence electrons. The number of nitriles is 1. The Labute approximate surface area is 197 Å². The van der Waals surface area contributed by atoms with Gasteiger partial charge < -0.3 is 9.64 Å². The summed E-state index contributed by atoms with van der Waals surface area (Å²) in [5.74, 6) is 0. The van der Waals surface area contributed by atoms with Gasteiger partial charge in [0.2, 0.25) is 0 Å². The van der Waals surface area contributed by atoms with Crippen molar-refractivity contribution in [3.05, 3.63) is 89.2 Å². The highest BCUT2D eigenvalue weighted by molar-refractivity contribution is 5.66. The van der Waals surface area contributed by atoms with Crippen LogP contribution in [0.5, 0.6) is 0 Å². The molecule has 3 aromatic rings. The van der Waals surface area contributed by atoms with E-state index >= 15 is 0 Å². The van der Waals surface area contributed by atoms with Gasteiger partial charge in [0.25, 0.3) is 0 Å². The minimum atomic E-state index is -4.47. The molecule has 0 radical (unpaired) electrons. The molecule has 1 fully saturated rings. The van der Waals surface area contributed by atoms with Crippen molar-refractivity contribution >= 4 is 0 Å². The smallest absolute Gasteiger partial charge is 0.376 e. The molecule has 1 aromatic heterocycles. The van der Waals surface area contributed by atoms with Gasteiger partial charge in [0.15, 0.2) is 0 Å². The number of ether oxygens (including phenoxy) is 1. The van der Waals surface area contributed by atoms with Gasteiger partial charge in [-0.3, -0.25) is 4.98 Å². The Balaban J connectivity index is 1.57. The average molecular weight is 466 g/mol. The van der Waals surface area contributed by atoms with Crippen molar-refractivity contribution in [1.29, 1.82) is 5.26 Å². The predicted octanol–water partition coefficient (Wildman–Crippen LogP) is 5.82. The molecule has 34 heavy (non-hydrogen) atoms. The molecule has 2 heterocycles. The Bertz CT molecular complexity index is 1150. The highest BCUT2D eigenvalue weighted by Crippen LogP contribution is 2.37. The van der Waals surface area contributed by atoms with Gasteiger partial charge in [0.1, 0.15) is 0 Å². The van der Waals surface area contributed by atoms with Crippen LogP contribution in [0.2, 0.25) is 0 Å². The number of piperidine rings is 1. The van der Waals surface area contributed by atoms with Gasteiger partial charge in [-0.15, -0.1) is 0 Å². The third kappa shape index (κ3) is 5.46. The van der Waals surface area contributed by atoms with Crippen LogP contribution in [0.25, 0.3) is 11.1 Å². The molecule has 4 rings (SSSR count). The first-order valence-corrected chi connectivity index (χ1v) is 11.2. The molecule has 0 bridgehead atoms. The van der Waals surface area contributed by atoms with Gasteiger partial charge in [-0.05, 0) is 91.6 Å². The number of aromatic nitrogens is 1. The molecule has 1 aliphatic heterocycles. The molecular formula is C27H26F3N3O. The number of halogens is 3. The molecule has 2 aromatic carbocycles. The lowest BCUT2D eigenvalue weighted by atomic mass is 9.74. The molecule has 7 heteroatoms. The highest BCUT2D eigenvalue weighted by atomic mass is 19.4. The van der Waals surface area contributed by atoms with Crippen molar-refractivity contribution in [2.45, 2.75) is 31.0 Å². The second kappa shape index (κ2) is 9.96. The number of hydrogen-bond acceptors (Lipinski definition) is 4. The molecule has 0 spiro atoms. The van der Waals surface area contributed by atoms with E-state index in [1.807, 2.05) is 18.3 Å². The van der Waals surface area contributed by atoms with E-state index in [-0.39, 0.29) is 12.0 Å². The summed E-state index contributed by atoms with van der Waals surface area (Å²) in [6.07, 6.45) is 0.924. The van der Waals surface area contributed by atoms with Crippen LogP contribution < -0.4 is 0 Å². The Morgan fingerprint density at radius 3 is 2.41 bits per heavy atom. The monoisotopic (exact) mass is 465 g/mol. The van der Waals surface area contributed by atoms with E-state index in [0.29, 0.717) is 28.9 Å². The minimum absolute atomic E-state index is 0.0745. The van der Waals surface area contributed by atoms with Gasteiger partial charge >= 0.3 is 6.18 Å². The topological polar surface area (TPSA) is 49.1 Å². The number of pyridine rings is 1. The van der Waals surface area contributed by atoms with Gasteiger partial charge in [-0.1, -0.05) is 18.2 Å². The van der Waals surface area contributed by atoms with Gasteiger partial charge in [0, 0.05) is 17.8 Å². The molecular weight excluding hydrogens is 439 g/mol. The zero-order chi connectivity index (χ0) is 24.2. The summed E-state index contributed by atoms with van der Waals surface area (Å²) in [7, 11) is 2.08. The van der Waals surface area contributed by atoms with Gasteiger partial charge in [-0.25, -0.2) is 0 Å². The lowest BCUT2D eigenvalue weighted by Gasteiger charge is -2.40. The summed E-state index contributed by atoms with van der Waals surface area (Å²) < 4.78 is 46.9. The highest BCUT2D eigenvalue weighted by Gasteiger charge is 2.36. The summed E-state index contributed by atoms with van der Waals surface area (Å²) in [6.45, 7) is 2.33. The van der Waals surface area contributed by atoms with Crippen LogP contribution >= 0.6 is 0 Å². The zero-order valence-electron chi connectivity index (χ0n) is 19.0. The van der Waals surface area contributed by atoms with Crippen LogP contribution in [0.4, 0.5) is 13.2 Å². The van der Waals surface area contributed by atoms with Crippen molar-refractivity contribution < 1.29 is 17.9 Å². The van der Waals surface area contributed by atoms with Gasteiger partial charge in [0.05, 0.1) is 30.4 Å². The van der Waals surface area contributed by atoms with Crippen molar-refractivity contribution in [1.82, 2.24) is 9.88 Å². The maximum absolute atomic E-state index is 13.6. The van der Waals surface area contributed by atoms with Crippen LogP contribution in [0.1, 0.15) is 35.1 Å². The van der Waals surface area contributed by atoms with E-state index in [4.69, 9.17) is 10.00 Å². The van der Waals surface area contributed by atoms with E-state index < -0.39 is 11.7 Å². The molecule has 4 nitrogen and oxygen atoms in total. The van der Waals surface area contributed by atoms with Crippen molar-refractivity contribution in [3.63, 3.8) is 0 Å². The van der Waals surface area contributed by atoms with E-state index in [2.05, 4.69) is 23.0 Å². The molecule has 1 saturated heterocycles. The second-order valence-corrected chi connectivity index (χ2v) is 8.92. The molecule has 0 atom stereocenters. The first-order chi connectivity index (χ1) is 16.3. The average Bonchev–Trinajstić information content (AvgIpc) is 2.85. The number of rotatable bonds is 6. The largest absolute Gasteiger partial charge is 0.416 e. The number of alkyl halides is 3. The Morgan fingerprint density at radius 1 is 1.06 bits per heavy atom. The molecule has 0 unspecified atom stereocenters. The van der Waals surface area contributed by atoms with Crippen molar-refractivity contribution in [2.75, 3.05) is 26.7 Å². The van der Waals surface area contributed by atoms with E-state index in [0.717, 1.165) is 43.6 Å². The molecule has 0 N–H and O–H groups in total. The summed E-state index contributed by atoms with van der Waals surface area (Å²) >= 11 is 0. The van der Waals surface area contributed by atoms with E-state index in [1.54, 1.807) is 36.5 Å². The van der Waals surface area contributed by atoms with Crippen LogP contribution in [-0.2, 0) is 22.9 Å². The maximum atomic E-state index is 13.6. The Morgan fingerprint density at radius 2 is 1.79 bits per heavy atom. The zero-order valence-corrected chi connectivity index (χ0v) is 19.0. The Hall–Kier alpha value is -3.21. The van der Waals surface area contributed by atoms with E-state index in [1.165, 1.54) is 0 Å². The maximum Gasteiger partial charge on any atom is 0.416 e. The van der Waals surface area contributed by atoms with Gasteiger partial charge in [-0.2, -0.15) is 18.4 Å². The number of hydrogen-bond donors (Lipinski definition) is 0. The van der Waals surface area contributed by atoms with Crippen molar-refractivity contribution in [3.8, 4) is 17.2 Å². The molecule has 0 amide bonds. The summed E-state index contributed by atoms with van der Waals surface area (Å²) in [5, 5.41) is 8.99. The predicted molar refractivity (Wildman–Crippen MR) is 124 cm³/mol. The SMILES string of the molecule is CN1CCC(COCc2cc(-c3ccc(C#N)cc3)cc(C(F)(F)F)c2)(c2cccnc2)CC1. The van der Waals surface area contributed by atoms with E-state index in [9.17, 15) is 13.2 Å². The quantitative estimate of drug-likeness (QED) is 0.460. The minimum Gasteiger partial charge on any atom is -0.376 e. The normalized spacial score (nSPS) is 16.2. The fraction of sp³-hybridized carbons (Fsp3) is 0.333. The lowest BCUT2D eigenvalue weighted by Crippen LogP contribution is -2.43. The van der Waals surface area contributed by atoms with Crippen LogP contribution in [-0.4, -0.2) is 36.6 Å². The summed E-state index contributed by atoms with van der Waals surface area (Å²) in [6, 6.07) is 16.5. The molecule has 0 aliphatic carbocycles. The number of likely N-dealkylation sites (tertiary alicyclic amines) is 1. The first-order valence-electron chi connectivity index (χ1n) is 11.2. The fourth-order valence-corrected chi connectivity index (χ4v) is 4.45. The third-order valence-corrected chi connectivity index (χ3v) is 6.53. The van der Waals surface area contributed by atoms with Crippen LogP contribution in [0.15, 0.2) is 67.0 Å². The second-order valence-electron chi connectivity index (χ2n) is 8.92. The fourth-order valence-electron chi connectivity index (χ4n) is 4.45.